The highest BCUT2D eigenvalue weighted by molar-refractivity contribution is 5.68. The van der Waals surface area contributed by atoms with Crippen LogP contribution in [0, 0.1) is 0 Å². The van der Waals surface area contributed by atoms with Crippen LogP contribution in [0.25, 0.3) is 0 Å². The SMILES string of the molecule is O=C(O)C[C@]1(Cc2ccccc2)O[C@H](COCc2ccccc2)[C@@H](OCc2ccccc2)[C@H](OCc2ccccc2)[C@H]1OCc1ccccc1. The van der Waals surface area contributed by atoms with Gasteiger partial charge in [0.2, 0.25) is 0 Å². The first-order chi connectivity index (χ1) is 24.6. The minimum atomic E-state index is -1.32. The van der Waals surface area contributed by atoms with E-state index in [1.807, 2.05) is 152 Å². The number of aliphatic carboxylic acids is 1. The van der Waals surface area contributed by atoms with Gasteiger partial charge in [-0.1, -0.05) is 152 Å². The lowest BCUT2D eigenvalue weighted by molar-refractivity contribution is -0.309. The predicted octanol–water partition coefficient (Wildman–Crippen LogP) is 7.81. The van der Waals surface area contributed by atoms with Crippen molar-refractivity contribution < 1.29 is 33.6 Å². The summed E-state index contributed by atoms with van der Waals surface area (Å²) < 4.78 is 33.8. The summed E-state index contributed by atoms with van der Waals surface area (Å²) in [4.78, 5) is 12.8. The smallest absolute Gasteiger partial charge is 0.306 e. The number of hydrogen-bond donors (Lipinski definition) is 1. The molecule has 5 aromatic rings. The molecule has 1 aliphatic rings. The minimum absolute atomic E-state index is 0.154. The van der Waals surface area contributed by atoms with Crippen molar-refractivity contribution in [2.45, 2.75) is 69.3 Å². The molecule has 0 spiro atoms. The van der Waals surface area contributed by atoms with Crippen LogP contribution in [0.3, 0.4) is 0 Å². The summed E-state index contributed by atoms with van der Waals surface area (Å²) in [5.74, 6) is -0.997. The lowest BCUT2D eigenvalue weighted by atomic mass is 9.78. The molecule has 1 aliphatic heterocycles. The quantitative estimate of drug-likeness (QED) is 0.108. The molecule has 7 nitrogen and oxygen atoms in total. The fraction of sp³-hybridized carbons (Fsp3) is 0.279. The highest BCUT2D eigenvalue weighted by Gasteiger charge is 2.57. The molecular formula is C43H44O7. The maximum Gasteiger partial charge on any atom is 0.306 e. The van der Waals surface area contributed by atoms with Crippen LogP contribution in [0.2, 0.25) is 0 Å². The zero-order valence-corrected chi connectivity index (χ0v) is 28.1. The van der Waals surface area contributed by atoms with Gasteiger partial charge in [0.1, 0.15) is 30.0 Å². The van der Waals surface area contributed by atoms with Crippen LogP contribution in [0.5, 0.6) is 0 Å². The molecule has 5 aromatic carbocycles. The van der Waals surface area contributed by atoms with Gasteiger partial charge < -0.3 is 28.8 Å². The van der Waals surface area contributed by atoms with Crippen molar-refractivity contribution in [1.29, 1.82) is 0 Å². The molecule has 1 fully saturated rings. The Morgan fingerprint density at radius 2 is 0.940 bits per heavy atom. The Morgan fingerprint density at radius 1 is 0.540 bits per heavy atom. The summed E-state index contributed by atoms with van der Waals surface area (Å²) in [5.41, 5.74) is 3.55. The number of carbonyl (C=O) groups is 1. The van der Waals surface area contributed by atoms with E-state index in [1.165, 1.54) is 0 Å². The van der Waals surface area contributed by atoms with E-state index < -0.39 is 36.0 Å². The molecule has 5 atom stereocenters. The monoisotopic (exact) mass is 672 g/mol. The van der Waals surface area contributed by atoms with E-state index >= 15 is 0 Å². The van der Waals surface area contributed by atoms with Crippen LogP contribution in [0.1, 0.15) is 34.2 Å². The van der Waals surface area contributed by atoms with Gasteiger partial charge in [0.05, 0.1) is 39.5 Å². The van der Waals surface area contributed by atoms with Crippen LogP contribution in [0.15, 0.2) is 152 Å². The Kier molecular flexibility index (Phi) is 12.6. The van der Waals surface area contributed by atoms with Gasteiger partial charge in [-0.2, -0.15) is 0 Å². The van der Waals surface area contributed by atoms with Crippen LogP contribution < -0.4 is 0 Å². The molecule has 1 N–H and O–H groups in total. The topological polar surface area (TPSA) is 83.5 Å². The van der Waals surface area contributed by atoms with Gasteiger partial charge in [-0.15, -0.1) is 0 Å². The third-order valence-electron chi connectivity index (χ3n) is 8.93. The van der Waals surface area contributed by atoms with E-state index in [4.69, 9.17) is 23.7 Å². The standard InChI is InChI=1S/C43H44O7/c44-39(45)27-43(26-33-16-6-1-7-17-33)42(49-31-37-24-14-5-15-25-37)41(48-30-36-22-12-4-13-23-36)40(47-29-35-20-10-3-11-21-35)38(50-43)32-46-28-34-18-8-2-9-19-34/h1-25,38,40-42H,26-32H2,(H,44,45)/t38-,40-,41+,42-,43+/m1/s1. The van der Waals surface area contributed by atoms with Crippen molar-refractivity contribution in [1.82, 2.24) is 0 Å². The Hall–Kier alpha value is -4.63. The molecule has 7 heteroatoms. The first kappa shape index (κ1) is 35.2. The molecule has 6 rings (SSSR count). The summed E-state index contributed by atoms with van der Waals surface area (Å²) in [5, 5.41) is 10.5. The number of rotatable bonds is 17. The maximum atomic E-state index is 12.8. The Balaban J connectivity index is 1.41. The predicted molar refractivity (Wildman–Crippen MR) is 191 cm³/mol. The van der Waals surface area contributed by atoms with Crippen molar-refractivity contribution in [3.05, 3.63) is 179 Å². The van der Waals surface area contributed by atoms with Gasteiger partial charge >= 0.3 is 5.97 Å². The first-order valence-corrected chi connectivity index (χ1v) is 17.1. The number of carboxylic acids is 1. The van der Waals surface area contributed by atoms with Gasteiger partial charge in [-0.05, 0) is 27.8 Å². The van der Waals surface area contributed by atoms with Crippen molar-refractivity contribution in [2.24, 2.45) is 0 Å². The number of hydrogen-bond acceptors (Lipinski definition) is 6. The molecule has 0 unspecified atom stereocenters. The molecule has 0 saturated carbocycles. The third kappa shape index (κ3) is 9.75. The fourth-order valence-electron chi connectivity index (χ4n) is 6.58. The molecule has 0 radical (unpaired) electrons. The number of carboxylic acid groups (broad SMARTS) is 1. The lowest BCUT2D eigenvalue weighted by Gasteiger charge is -2.52. The maximum absolute atomic E-state index is 12.8. The minimum Gasteiger partial charge on any atom is -0.481 e. The van der Waals surface area contributed by atoms with Crippen LogP contribution >= 0.6 is 0 Å². The Bertz CT molecular complexity index is 1700. The average molecular weight is 673 g/mol. The normalized spacial score (nSPS) is 21.8. The van der Waals surface area contributed by atoms with Gasteiger partial charge in [-0.3, -0.25) is 4.79 Å². The highest BCUT2D eigenvalue weighted by Crippen LogP contribution is 2.41. The largest absolute Gasteiger partial charge is 0.481 e. The van der Waals surface area contributed by atoms with E-state index in [0.717, 1.165) is 27.8 Å². The molecule has 0 aliphatic carbocycles. The van der Waals surface area contributed by atoms with E-state index in [1.54, 1.807) is 0 Å². The van der Waals surface area contributed by atoms with E-state index in [0.29, 0.717) is 13.2 Å². The number of benzene rings is 5. The van der Waals surface area contributed by atoms with Crippen LogP contribution in [-0.2, 0) is 61.3 Å². The molecule has 1 saturated heterocycles. The van der Waals surface area contributed by atoms with Gasteiger partial charge in [-0.25, -0.2) is 0 Å². The van der Waals surface area contributed by atoms with Crippen LogP contribution in [-0.4, -0.2) is 47.7 Å². The molecule has 258 valence electrons. The Morgan fingerprint density at radius 3 is 1.40 bits per heavy atom. The van der Waals surface area contributed by atoms with E-state index in [9.17, 15) is 9.90 Å². The van der Waals surface area contributed by atoms with Crippen molar-refractivity contribution in [3.8, 4) is 0 Å². The second kappa shape index (κ2) is 17.9. The number of ether oxygens (including phenoxy) is 5. The second-order valence-corrected chi connectivity index (χ2v) is 12.7. The highest BCUT2D eigenvalue weighted by atomic mass is 16.6. The molecule has 50 heavy (non-hydrogen) atoms. The van der Waals surface area contributed by atoms with Gasteiger partial charge in [0.15, 0.2) is 0 Å². The summed E-state index contributed by atoms with van der Waals surface area (Å²) in [6.45, 7) is 1.32. The zero-order valence-electron chi connectivity index (χ0n) is 28.1. The average Bonchev–Trinajstić information content (AvgIpc) is 3.15. The van der Waals surface area contributed by atoms with Crippen molar-refractivity contribution in [3.63, 3.8) is 0 Å². The van der Waals surface area contributed by atoms with Crippen LogP contribution in [0.4, 0.5) is 0 Å². The summed E-state index contributed by atoms with van der Waals surface area (Å²) in [6.07, 6.45) is -2.91. The lowest BCUT2D eigenvalue weighted by Crippen LogP contribution is -2.68. The molecule has 1 heterocycles. The molecular weight excluding hydrogens is 628 g/mol. The molecule has 0 aromatic heterocycles. The van der Waals surface area contributed by atoms with E-state index in [-0.39, 0.29) is 32.7 Å². The Labute approximate surface area is 294 Å². The van der Waals surface area contributed by atoms with Crippen molar-refractivity contribution >= 4 is 5.97 Å². The second-order valence-electron chi connectivity index (χ2n) is 12.7. The van der Waals surface area contributed by atoms with Gasteiger partial charge in [0.25, 0.3) is 0 Å². The molecule has 0 amide bonds. The third-order valence-corrected chi connectivity index (χ3v) is 8.93. The summed E-state index contributed by atoms with van der Waals surface area (Å²) in [6, 6.07) is 49.5. The fourth-order valence-corrected chi connectivity index (χ4v) is 6.58. The summed E-state index contributed by atoms with van der Waals surface area (Å²) >= 11 is 0. The molecule has 0 bridgehead atoms. The first-order valence-electron chi connectivity index (χ1n) is 17.1. The van der Waals surface area contributed by atoms with Gasteiger partial charge in [0, 0.05) is 6.42 Å². The van der Waals surface area contributed by atoms with Crippen molar-refractivity contribution in [2.75, 3.05) is 6.61 Å². The summed E-state index contributed by atoms with van der Waals surface area (Å²) in [7, 11) is 0. The van der Waals surface area contributed by atoms with E-state index in [2.05, 4.69) is 0 Å². The zero-order chi connectivity index (χ0) is 34.4.